The number of alkyl halides is 24. The Morgan fingerprint density at radius 1 is 0.489 bits per heavy atom. The molecule has 0 aromatic rings. The molecule has 270 valence electrons. The van der Waals surface area contributed by atoms with Crippen LogP contribution < -0.4 is 0 Å². The van der Waals surface area contributed by atoms with Gasteiger partial charge in [0, 0.05) is 12.0 Å². The maximum Gasteiger partial charge on any atom is 0.384 e. The van der Waals surface area contributed by atoms with E-state index >= 15 is 0 Å². The van der Waals surface area contributed by atoms with Crippen molar-refractivity contribution < 1.29 is 105 Å². The molecule has 0 N–H and O–H groups in total. The van der Waals surface area contributed by atoms with Crippen LogP contribution in [-0.2, 0) is 0 Å². The molecule has 0 bridgehead atoms. The van der Waals surface area contributed by atoms with Crippen molar-refractivity contribution in [3.05, 3.63) is 0 Å². The summed E-state index contributed by atoms with van der Waals surface area (Å²) in [7, 11) is 0. The summed E-state index contributed by atoms with van der Waals surface area (Å²) >= 11 is 0. The molecule has 1 heterocycles. The molecular formula is C20H17F24N. The van der Waals surface area contributed by atoms with Crippen LogP contribution in [0.25, 0.3) is 0 Å². The minimum absolute atomic E-state index is 0.00782. The fourth-order valence-corrected chi connectivity index (χ4v) is 4.18. The summed E-state index contributed by atoms with van der Waals surface area (Å²) in [6, 6.07) is 0. The van der Waals surface area contributed by atoms with Crippen LogP contribution in [0.1, 0.15) is 32.6 Å². The lowest BCUT2D eigenvalue weighted by Gasteiger charge is -2.50. The standard InChI is InChI=1S/C20H17F24N/c1-10(6-11(25,26)15(33,34)19(41,42)17(37,38)13(29,30)8(21)22)4-2-3-5-45(10)7-12(27,28)16(35,36)20(43,44)18(39,40)14(31,32)9(23)24/h8-9H,2-7H2,1H3. The van der Waals surface area contributed by atoms with Gasteiger partial charge in [-0.15, -0.1) is 0 Å². The Labute approximate surface area is 234 Å². The van der Waals surface area contributed by atoms with Gasteiger partial charge < -0.3 is 0 Å². The normalized spacial score (nSPS) is 21.7. The number of hydrogen-bond acceptors (Lipinski definition) is 1. The minimum atomic E-state index is -8.10. The van der Waals surface area contributed by atoms with Crippen molar-refractivity contribution in [2.24, 2.45) is 0 Å². The molecule has 0 spiro atoms. The van der Waals surface area contributed by atoms with Crippen LogP contribution in [0.2, 0.25) is 0 Å². The Balaban J connectivity index is 3.59. The predicted octanol–water partition coefficient (Wildman–Crippen LogP) is 9.50. The van der Waals surface area contributed by atoms with Gasteiger partial charge in [0.25, 0.3) is 0 Å². The molecule has 1 fully saturated rings. The average Bonchev–Trinajstić information content (AvgIpc) is 2.83. The van der Waals surface area contributed by atoms with E-state index < -0.39 is 121 Å². The lowest BCUT2D eigenvalue weighted by molar-refractivity contribution is -0.417. The predicted molar refractivity (Wildman–Crippen MR) is 99.9 cm³/mol. The maximum atomic E-state index is 14.5. The highest BCUT2D eigenvalue weighted by Gasteiger charge is 2.89. The minimum Gasteiger partial charge on any atom is -0.292 e. The molecule has 1 rings (SSSR count). The van der Waals surface area contributed by atoms with Gasteiger partial charge in [-0.1, -0.05) is 6.42 Å². The van der Waals surface area contributed by atoms with E-state index in [9.17, 15) is 105 Å². The molecule has 0 amide bonds. The van der Waals surface area contributed by atoms with Crippen LogP contribution in [-0.4, -0.2) is 95.6 Å². The van der Waals surface area contributed by atoms with Crippen LogP contribution in [0.15, 0.2) is 0 Å². The molecule has 0 aliphatic carbocycles. The zero-order chi connectivity index (χ0) is 36.5. The second-order valence-corrected chi connectivity index (χ2v) is 10.3. The summed E-state index contributed by atoms with van der Waals surface area (Å²) in [4.78, 5) is -0.683. The number of nitrogens with zero attached hydrogens (tertiary/aromatic N) is 1. The summed E-state index contributed by atoms with van der Waals surface area (Å²) in [5.74, 6) is -76.4. The SMILES string of the molecule is CC1(CC(F)(F)C(F)(F)C(F)(F)C(F)(F)C(F)(F)C(F)F)CCCCN1CC(F)(F)C(F)(F)C(F)(F)C(F)(F)C(F)(F)C(F)F. The van der Waals surface area contributed by atoms with Gasteiger partial charge >= 0.3 is 72.1 Å². The summed E-state index contributed by atoms with van der Waals surface area (Å²) in [6.07, 6.45) is -17.7. The summed E-state index contributed by atoms with van der Waals surface area (Å²) < 4.78 is 324. The largest absolute Gasteiger partial charge is 0.384 e. The second kappa shape index (κ2) is 11.5. The number of likely N-dealkylation sites (tertiary alicyclic amines) is 1. The highest BCUT2D eigenvalue weighted by Crippen LogP contribution is 2.61. The molecule has 1 saturated heterocycles. The fraction of sp³-hybridized carbons (Fsp3) is 1.00. The Kier molecular flexibility index (Phi) is 10.5. The first-order chi connectivity index (χ1) is 19.4. The van der Waals surface area contributed by atoms with Gasteiger partial charge in [0.2, 0.25) is 0 Å². The first kappa shape index (κ1) is 41.3. The van der Waals surface area contributed by atoms with E-state index in [0.717, 1.165) is 0 Å². The van der Waals surface area contributed by atoms with E-state index in [2.05, 4.69) is 0 Å². The monoisotopic (exact) mass is 727 g/mol. The Bertz CT molecular complexity index is 1030. The van der Waals surface area contributed by atoms with Gasteiger partial charge in [-0.2, -0.15) is 87.8 Å². The van der Waals surface area contributed by atoms with E-state index in [4.69, 9.17) is 0 Å². The summed E-state index contributed by atoms with van der Waals surface area (Å²) in [5.41, 5.74) is -3.47. The summed E-state index contributed by atoms with van der Waals surface area (Å²) in [5, 5.41) is 0. The van der Waals surface area contributed by atoms with Gasteiger partial charge in [-0.05, 0) is 26.3 Å². The third kappa shape index (κ3) is 5.96. The molecule has 0 aromatic heterocycles. The van der Waals surface area contributed by atoms with Crippen molar-refractivity contribution in [2.75, 3.05) is 13.1 Å². The lowest BCUT2D eigenvalue weighted by atomic mass is 9.79. The number of rotatable bonds is 14. The third-order valence-electron chi connectivity index (χ3n) is 7.03. The van der Waals surface area contributed by atoms with Gasteiger partial charge in [0.1, 0.15) is 0 Å². The van der Waals surface area contributed by atoms with E-state index in [1.807, 2.05) is 0 Å². The highest BCUT2D eigenvalue weighted by atomic mass is 19.4. The topological polar surface area (TPSA) is 3.24 Å². The first-order valence-corrected chi connectivity index (χ1v) is 11.5. The van der Waals surface area contributed by atoms with E-state index in [1.54, 1.807) is 0 Å². The van der Waals surface area contributed by atoms with Gasteiger partial charge in [0.05, 0.1) is 6.54 Å². The lowest BCUT2D eigenvalue weighted by Crippen LogP contribution is -2.71. The van der Waals surface area contributed by atoms with Crippen LogP contribution in [0.4, 0.5) is 105 Å². The molecular weight excluding hydrogens is 710 g/mol. The van der Waals surface area contributed by atoms with Crippen LogP contribution in [0.3, 0.4) is 0 Å². The van der Waals surface area contributed by atoms with Crippen molar-refractivity contribution in [2.45, 2.75) is 110 Å². The second-order valence-electron chi connectivity index (χ2n) is 10.3. The molecule has 0 saturated carbocycles. The molecule has 1 nitrogen and oxygen atoms in total. The van der Waals surface area contributed by atoms with Crippen molar-refractivity contribution >= 4 is 0 Å². The molecule has 1 atom stereocenters. The number of piperidine rings is 1. The average molecular weight is 727 g/mol. The van der Waals surface area contributed by atoms with Gasteiger partial charge in [-0.25, -0.2) is 17.6 Å². The molecule has 1 aliphatic heterocycles. The zero-order valence-corrected chi connectivity index (χ0v) is 21.4. The van der Waals surface area contributed by atoms with Crippen molar-refractivity contribution in [1.82, 2.24) is 4.90 Å². The van der Waals surface area contributed by atoms with Gasteiger partial charge in [0.15, 0.2) is 0 Å². The smallest absolute Gasteiger partial charge is 0.292 e. The molecule has 0 radical (unpaired) electrons. The Hall–Kier alpha value is -1.72. The molecule has 1 aliphatic rings. The van der Waals surface area contributed by atoms with Crippen LogP contribution in [0, 0.1) is 0 Å². The maximum absolute atomic E-state index is 14.5. The molecule has 25 heteroatoms. The summed E-state index contributed by atoms with van der Waals surface area (Å²) in [6.45, 7) is -4.73. The van der Waals surface area contributed by atoms with Crippen molar-refractivity contribution in [3.63, 3.8) is 0 Å². The number of hydrogen-bond donors (Lipinski definition) is 0. The number of halogens is 24. The van der Waals surface area contributed by atoms with Crippen molar-refractivity contribution in [1.29, 1.82) is 0 Å². The van der Waals surface area contributed by atoms with Gasteiger partial charge in [-0.3, -0.25) is 4.90 Å². The third-order valence-corrected chi connectivity index (χ3v) is 7.03. The molecule has 1 unspecified atom stereocenters. The first-order valence-electron chi connectivity index (χ1n) is 11.5. The zero-order valence-electron chi connectivity index (χ0n) is 21.4. The van der Waals surface area contributed by atoms with E-state index in [1.165, 1.54) is 0 Å². The highest BCUT2D eigenvalue weighted by molar-refractivity contribution is 5.13. The van der Waals surface area contributed by atoms with E-state index in [-0.39, 0.29) is 6.92 Å². The quantitative estimate of drug-likeness (QED) is 0.161. The molecule has 0 aromatic carbocycles. The van der Waals surface area contributed by atoms with Crippen LogP contribution in [0.5, 0.6) is 0 Å². The Morgan fingerprint density at radius 3 is 1.16 bits per heavy atom. The van der Waals surface area contributed by atoms with Crippen LogP contribution >= 0.6 is 0 Å². The molecule has 45 heavy (non-hydrogen) atoms. The van der Waals surface area contributed by atoms with E-state index in [0.29, 0.717) is 0 Å². The van der Waals surface area contributed by atoms with Crippen molar-refractivity contribution in [3.8, 4) is 0 Å². The Morgan fingerprint density at radius 2 is 0.822 bits per heavy atom. The fourth-order valence-electron chi connectivity index (χ4n) is 4.18.